The maximum Gasteiger partial charge on any atom is 0.244 e. The number of carbonyl (C=O) groups excluding carboxylic acids is 1. The van der Waals surface area contributed by atoms with Crippen molar-refractivity contribution in [2.45, 2.75) is 12.5 Å². The molecule has 1 rings (SSSR count). The third-order valence-corrected chi connectivity index (χ3v) is 2.98. The van der Waals surface area contributed by atoms with Gasteiger partial charge in [-0.2, -0.15) is 11.8 Å². The van der Waals surface area contributed by atoms with Crippen molar-refractivity contribution in [2.75, 3.05) is 18.6 Å². The summed E-state index contributed by atoms with van der Waals surface area (Å²) in [6.07, 6.45) is 8.08. The highest BCUT2D eigenvalue weighted by Crippen LogP contribution is 2.09. The van der Waals surface area contributed by atoms with Crippen molar-refractivity contribution in [1.29, 1.82) is 0 Å². The van der Waals surface area contributed by atoms with E-state index in [1.54, 1.807) is 31.6 Å². The summed E-state index contributed by atoms with van der Waals surface area (Å²) < 4.78 is 4.87. The smallest absolute Gasteiger partial charge is 0.244 e. The number of nitrogens with one attached hydrogen (secondary N) is 1. The zero-order valence-electron chi connectivity index (χ0n) is 9.97. The summed E-state index contributed by atoms with van der Waals surface area (Å²) in [7, 11) is 0. The Morgan fingerprint density at radius 2 is 2.47 bits per heavy atom. The third kappa shape index (κ3) is 5.60. The Morgan fingerprint density at radius 3 is 3.06 bits per heavy atom. The fraction of sp³-hybridized carbons (Fsp3) is 0.417. The molecule has 0 radical (unpaired) electrons. The van der Waals surface area contributed by atoms with Crippen LogP contribution in [0.1, 0.15) is 12.5 Å². The van der Waals surface area contributed by atoms with Crippen LogP contribution in [0.3, 0.4) is 0 Å². The summed E-state index contributed by atoms with van der Waals surface area (Å²) in [4.78, 5) is 11.4. The van der Waals surface area contributed by atoms with Crippen LogP contribution in [0.5, 0.6) is 0 Å². The van der Waals surface area contributed by atoms with E-state index in [1.165, 1.54) is 17.8 Å². The molecule has 0 aliphatic carbocycles. The first-order valence-corrected chi connectivity index (χ1v) is 6.62. The molecular formula is C12H17NO3S. The van der Waals surface area contributed by atoms with Crippen molar-refractivity contribution >= 4 is 23.7 Å². The van der Waals surface area contributed by atoms with Gasteiger partial charge >= 0.3 is 0 Å². The number of hydrogen-bond acceptors (Lipinski definition) is 4. The van der Waals surface area contributed by atoms with Gasteiger partial charge in [-0.3, -0.25) is 4.79 Å². The zero-order chi connectivity index (χ0) is 12.7. The van der Waals surface area contributed by atoms with Crippen molar-refractivity contribution < 1.29 is 14.3 Å². The summed E-state index contributed by atoms with van der Waals surface area (Å²) >= 11 is 1.54. The van der Waals surface area contributed by atoms with Gasteiger partial charge in [0.05, 0.1) is 18.1 Å². The molecule has 1 aromatic rings. The van der Waals surface area contributed by atoms with Crippen molar-refractivity contribution in [3.05, 3.63) is 30.2 Å². The molecule has 0 saturated carbocycles. The maximum absolute atomic E-state index is 11.4. The van der Waals surface area contributed by atoms with Gasteiger partial charge < -0.3 is 14.8 Å². The fourth-order valence-corrected chi connectivity index (χ4v) is 1.96. The van der Waals surface area contributed by atoms with Crippen molar-refractivity contribution in [3.63, 3.8) is 0 Å². The lowest BCUT2D eigenvalue weighted by molar-refractivity contribution is -0.117. The Bertz CT molecular complexity index is 371. The second kappa shape index (κ2) is 6.51. The van der Waals surface area contributed by atoms with Crippen LogP contribution in [0.2, 0.25) is 0 Å². The number of aliphatic hydroxyl groups is 1. The second-order valence-electron chi connectivity index (χ2n) is 4.04. The minimum atomic E-state index is -0.876. The Hall–Kier alpha value is -1.20. The molecule has 1 atom stereocenters. The Labute approximate surface area is 105 Å². The molecule has 1 aromatic heterocycles. The molecule has 0 unspecified atom stereocenters. The normalized spacial score (nSPS) is 14.8. The molecule has 0 spiro atoms. The van der Waals surface area contributed by atoms with Gasteiger partial charge in [-0.25, -0.2) is 0 Å². The van der Waals surface area contributed by atoms with Gasteiger partial charge in [-0.05, 0) is 25.3 Å². The summed E-state index contributed by atoms with van der Waals surface area (Å²) in [5.74, 6) is 0.353. The van der Waals surface area contributed by atoms with Gasteiger partial charge in [-0.15, -0.1) is 0 Å². The van der Waals surface area contributed by atoms with Crippen LogP contribution in [0.25, 0.3) is 6.08 Å². The van der Waals surface area contributed by atoms with Gasteiger partial charge in [0.1, 0.15) is 0 Å². The number of furan rings is 1. The molecule has 5 heteroatoms. The van der Waals surface area contributed by atoms with E-state index in [2.05, 4.69) is 5.32 Å². The average Bonchev–Trinajstić information content (AvgIpc) is 2.76. The number of amides is 1. The molecule has 0 aromatic carbocycles. The van der Waals surface area contributed by atoms with E-state index in [-0.39, 0.29) is 12.5 Å². The lowest BCUT2D eigenvalue weighted by Gasteiger charge is -2.21. The molecule has 0 saturated heterocycles. The average molecular weight is 255 g/mol. The lowest BCUT2D eigenvalue weighted by atomic mass is 10.1. The molecule has 0 aliphatic heterocycles. The van der Waals surface area contributed by atoms with Crippen LogP contribution in [-0.4, -0.2) is 35.2 Å². The predicted molar refractivity (Wildman–Crippen MR) is 69.8 cm³/mol. The first kappa shape index (κ1) is 13.9. The largest absolute Gasteiger partial charge is 0.472 e. The number of carbonyl (C=O) groups is 1. The highest BCUT2D eigenvalue weighted by Gasteiger charge is 2.19. The first-order chi connectivity index (χ1) is 8.03. The summed E-state index contributed by atoms with van der Waals surface area (Å²) in [5.41, 5.74) is -0.0468. The standard InChI is InChI=1S/C12H17NO3S/c1-12(15,9-17-2)8-13-11(14)4-3-10-5-6-16-7-10/h3-7,15H,8-9H2,1-2H3,(H,13,14)/b4-3+/t12-/m0/s1. The number of hydrogen-bond donors (Lipinski definition) is 2. The van der Waals surface area contributed by atoms with Crippen molar-refractivity contribution in [1.82, 2.24) is 5.32 Å². The Morgan fingerprint density at radius 1 is 1.71 bits per heavy atom. The highest BCUT2D eigenvalue weighted by atomic mass is 32.2. The topological polar surface area (TPSA) is 62.5 Å². The van der Waals surface area contributed by atoms with Crippen LogP contribution < -0.4 is 5.32 Å². The second-order valence-corrected chi connectivity index (χ2v) is 4.90. The zero-order valence-corrected chi connectivity index (χ0v) is 10.8. The van der Waals surface area contributed by atoms with Crippen LogP contribution in [0, 0.1) is 0 Å². The van der Waals surface area contributed by atoms with Gasteiger partial charge in [0.2, 0.25) is 5.91 Å². The molecule has 0 aliphatic rings. The quantitative estimate of drug-likeness (QED) is 0.757. The van der Waals surface area contributed by atoms with Crippen molar-refractivity contribution in [2.24, 2.45) is 0 Å². The molecule has 2 N–H and O–H groups in total. The van der Waals surface area contributed by atoms with Crippen LogP contribution >= 0.6 is 11.8 Å². The van der Waals surface area contributed by atoms with Crippen LogP contribution in [0.4, 0.5) is 0 Å². The molecule has 94 valence electrons. The minimum Gasteiger partial charge on any atom is -0.472 e. The van der Waals surface area contributed by atoms with Gasteiger partial charge in [-0.1, -0.05) is 0 Å². The minimum absolute atomic E-state index is 0.229. The van der Waals surface area contributed by atoms with E-state index in [0.29, 0.717) is 5.75 Å². The van der Waals surface area contributed by atoms with E-state index in [4.69, 9.17) is 4.42 Å². The molecule has 0 fully saturated rings. The van der Waals surface area contributed by atoms with E-state index in [0.717, 1.165) is 5.56 Å². The monoisotopic (exact) mass is 255 g/mol. The van der Waals surface area contributed by atoms with E-state index in [1.807, 2.05) is 6.26 Å². The molecular weight excluding hydrogens is 238 g/mol. The summed E-state index contributed by atoms with van der Waals surface area (Å²) in [5, 5.41) is 12.5. The summed E-state index contributed by atoms with van der Waals surface area (Å²) in [6, 6.07) is 1.76. The molecule has 4 nitrogen and oxygen atoms in total. The molecule has 1 heterocycles. The van der Waals surface area contributed by atoms with Gasteiger partial charge in [0, 0.05) is 23.9 Å². The van der Waals surface area contributed by atoms with Crippen LogP contribution in [-0.2, 0) is 4.79 Å². The summed E-state index contributed by atoms with van der Waals surface area (Å²) in [6.45, 7) is 1.94. The number of rotatable bonds is 6. The molecule has 1 amide bonds. The van der Waals surface area contributed by atoms with Gasteiger partial charge in [0.25, 0.3) is 0 Å². The predicted octanol–water partition coefficient (Wildman–Crippen LogP) is 1.52. The molecule has 0 bridgehead atoms. The Kier molecular flexibility index (Phi) is 5.31. The van der Waals surface area contributed by atoms with Gasteiger partial charge in [0.15, 0.2) is 0 Å². The first-order valence-electron chi connectivity index (χ1n) is 5.23. The SMILES string of the molecule is CSC[C@@](C)(O)CNC(=O)/C=C/c1ccoc1. The molecule has 17 heavy (non-hydrogen) atoms. The van der Waals surface area contributed by atoms with Crippen LogP contribution in [0.15, 0.2) is 29.1 Å². The third-order valence-electron chi connectivity index (χ3n) is 2.07. The van der Waals surface area contributed by atoms with E-state index < -0.39 is 5.60 Å². The highest BCUT2D eigenvalue weighted by molar-refractivity contribution is 7.98. The number of thioether (sulfide) groups is 1. The van der Waals surface area contributed by atoms with E-state index in [9.17, 15) is 9.90 Å². The fourth-order valence-electron chi connectivity index (χ4n) is 1.24. The maximum atomic E-state index is 11.4. The van der Waals surface area contributed by atoms with Crippen molar-refractivity contribution in [3.8, 4) is 0 Å². The van der Waals surface area contributed by atoms with E-state index >= 15 is 0 Å². The lowest BCUT2D eigenvalue weighted by Crippen LogP contribution is -2.41. The Balaban J connectivity index is 2.35.